The highest BCUT2D eigenvalue weighted by atomic mass is 32.2. The summed E-state index contributed by atoms with van der Waals surface area (Å²) in [6.07, 6.45) is 2.97. The maximum Gasteiger partial charge on any atom is 0.335 e. The molecular weight excluding hydrogens is 306 g/mol. The van der Waals surface area contributed by atoms with Crippen molar-refractivity contribution in [1.29, 1.82) is 0 Å². The van der Waals surface area contributed by atoms with E-state index in [1.807, 2.05) is 6.92 Å². The summed E-state index contributed by atoms with van der Waals surface area (Å²) < 4.78 is 28.9. The van der Waals surface area contributed by atoms with Gasteiger partial charge in [0.15, 0.2) is 0 Å². The van der Waals surface area contributed by atoms with E-state index in [1.165, 1.54) is 12.3 Å². The number of aryl methyl sites for hydroxylation is 3. The molecule has 7 nitrogen and oxygen atoms in total. The summed E-state index contributed by atoms with van der Waals surface area (Å²) in [5.74, 6) is -1.16. The molecule has 0 saturated carbocycles. The third kappa shape index (κ3) is 3.11. The Balaban J connectivity index is 2.44. The highest BCUT2D eigenvalue weighted by Gasteiger charge is 2.21. The molecule has 1 heterocycles. The molecule has 0 atom stereocenters. The molecule has 22 heavy (non-hydrogen) atoms. The van der Waals surface area contributed by atoms with E-state index in [0.29, 0.717) is 23.4 Å². The van der Waals surface area contributed by atoms with Crippen LogP contribution in [0.3, 0.4) is 0 Å². The lowest BCUT2D eigenvalue weighted by molar-refractivity contribution is 0.0696. The molecule has 0 bridgehead atoms. The van der Waals surface area contributed by atoms with Crippen molar-refractivity contribution in [1.82, 2.24) is 9.78 Å². The quantitative estimate of drug-likeness (QED) is 0.876. The molecule has 8 heteroatoms. The number of anilines is 1. The van der Waals surface area contributed by atoms with Gasteiger partial charge in [-0.2, -0.15) is 5.10 Å². The lowest BCUT2D eigenvalue weighted by atomic mass is 10.1. The predicted octanol–water partition coefficient (Wildman–Crippen LogP) is 2.02. The maximum absolute atomic E-state index is 12.5. The monoisotopic (exact) mass is 323 g/mol. The number of hydrogen-bond acceptors (Lipinski definition) is 4. The highest BCUT2D eigenvalue weighted by Crippen LogP contribution is 2.23. The molecule has 0 fully saturated rings. The first-order valence-corrected chi connectivity index (χ1v) is 8.12. The molecule has 0 saturated heterocycles. The first-order valence-electron chi connectivity index (χ1n) is 6.64. The van der Waals surface area contributed by atoms with Gasteiger partial charge in [0.05, 0.1) is 22.3 Å². The SMILES string of the molecule is CCn1cc(NS(=O)(=O)c2cc(C(=O)O)c(C)cc2C)cn1. The zero-order valence-corrected chi connectivity index (χ0v) is 13.3. The van der Waals surface area contributed by atoms with Crippen LogP contribution < -0.4 is 4.72 Å². The van der Waals surface area contributed by atoms with Crippen LogP contribution in [0.4, 0.5) is 5.69 Å². The van der Waals surface area contributed by atoms with Crippen molar-refractivity contribution < 1.29 is 18.3 Å². The molecule has 1 aromatic carbocycles. The highest BCUT2D eigenvalue weighted by molar-refractivity contribution is 7.92. The minimum Gasteiger partial charge on any atom is -0.478 e. The predicted molar refractivity (Wildman–Crippen MR) is 81.6 cm³/mol. The lowest BCUT2D eigenvalue weighted by Crippen LogP contribution is -2.15. The first-order chi connectivity index (χ1) is 10.2. The van der Waals surface area contributed by atoms with E-state index in [4.69, 9.17) is 5.11 Å². The van der Waals surface area contributed by atoms with Gasteiger partial charge in [-0.15, -0.1) is 0 Å². The minimum atomic E-state index is -3.88. The molecule has 2 aromatic rings. The Morgan fingerprint density at radius 2 is 2.00 bits per heavy atom. The molecule has 0 aliphatic rings. The largest absolute Gasteiger partial charge is 0.478 e. The van der Waals surface area contributed by atoms with Crippen molar-refractivity contribution >= 4 is 21.7 Å². The van der Waals surface area contributed by atoms with Crippen molar-refractivity contribution in [3.8, 4) is 0 Å². The summed E-state index contributed by atoms with van der Waals surface area (Å²) in [4.78, 5) is 11.1. The molecule has 2 N–H and O–H groups in total. The zero-order chi connectivity index (χ0) is 16.5. The van der Waals surface area contributed by atoms with Gasteiger partial charge < -0.3 is 5.11 Å². The number of sulfonamides is 1. The first kappa shape index (κ1) is 16.0. The average molecular weight is 323 g/mol. The number of nitrogens with one attached hydrogen (secondary N) is 1. The third-order valence-electron chi connectivity index (χ3n) is 3.25. The Kier molecular flexibility index (Phi) is 4.23. The Hall–Kier alpha value is -2.35. The molecule has 0 aliphatic heterocycles. The summed E-state index contributed by atoms with van der Waals surface area (Å²) in [5, 5.41) is 13.1. The van der Waals surface area contributed by atoms with Gasteiger partial charge in [0.25, 0.3) is 10.0 Å². The molecule has 0 radical (unpaired) electrons. The number of rotatable bonds is 5. The van der Waals surface area contributed by atoms with Crippen LogP contribution in [0.2, 0.25) is 0 Å². The van der Waals surface area contributed by atoms with Gasteiger partial charge in [0, 0.05) is 12.7 Å². The number of nitrogens with zero attached hydrogens (tertiary/aromatic N) is 2. The lowest BCUT2D eigenvalue weighted by Gasteiger charge is -2.11. The fraction of sp³-hybridized carbons (Fsp3) is 0.286. The number of hydrogen-bond donors (Lipinski definition) is 2. The van der Waals surface area contributed by atoms with Crippen molar-refractivity contribution in [2.24, 2.45) is 0 Å². The van der Waals surface area contributed by atoms with Gasteiger partial charge >= 0.3 is 5.97 Å². The molecular formula is C14H17N3O4S. The van der Waals surface area contributed by atoms with E-state index >= 15 is 0 Å². The van der Waals surface area contributed by atoms with E-state index in [0.717, 1.165) is 0 Å². The Bertz CT molecular complexity index is 825. The van der Waals surface area contributed by atoms with Gasteiger partial charge in [-0.05, 0) is 38.0 Å². The second-order valence-electron chi connectivity index (χ2n) is 4.93. The van der Waals surface area contributed by atoms with Crippen LogP contribution in [0, 0.1) is 13.8 Å². The van der Waals surface area contributed by atoms with Crippen molar-refractivity contribution in [2.45, 2.75) is 32.2 Å². The third-order valence-corrected chi connectivity index (χ3v) is 4.77. The van der Waals surface area contributed by atoms with Crippen LogP contribution in [-0.4, -0.2) is 29.3 Å². The van der Waals surface area contributed by atoms with Crippen LogP contribution in [0.1, 0.15) is 28.4 Å². The fourth-order valence-corrected chi connectivity index (χ4v) is 3.43. The second-order valence-corrected chi connectivity index (χ2v) is 6.58. The van der Waals surface area contributed by atoms with E-state index in [-0.39, 0.29) is 10.5 Å². The fourth-order valence-electron chi connectivity index (χ4n) is 2.15. The smallest absolute Gasteiger partial charge is 0.335 e. The number of carboxylic acid groups (broad SMARTS) is 1. The topological polar surface area (TPSA) is 101 Å². The number of carboxylic acids is 1. The molecule has 2 rings (SSSR count). The maximum atomic E-state index is 12.5. The molecule has 0 spiro atoms. The van der Waals surface area contributed by atoms with Crippen LogP contribution in [0.25, 0.3) is 0 Å². The standard InChI is InChI=1S/C14H17N3O4S/c1-4-17-8-11(7-15-17)16-22(20,21)13-6-12(14(18)19)9(2)5-10(13)3/h5-8,16H,4H2,1-3H3,(H,18,19). The van der Waals surface area contributed by atoms with E-state index < -0.39 is 16.0 Å². The minimum absolute atomic E-state index is 0.0322. The van der Waals surface area contributed by atoms with Gasteiger partial charge in [-0.3, -0.25) is 9.40 Å². The Labute approximate surface area is 128 Å². The molecule has 118 valence electrons. The molecule has 1 aromatic heterocycles. The summed E-state index contributed by atoms with van der Waals surface area (Å²) in [5.41, 5.74) is 1.30. The molecule has 0 aliphatic carbocycles. The van der Waals surface area contributed by atoms with Crippen molar-refractivity contribution in [3.05, 3.63) is 41.2 Å². The second kappa shape index (κ2) is 5.80. The van der Waals surface area contributed by atoms with Crippen LogP contribution in [0.5, 0.6) is 0 Å². The summed E-state index contributed by atoms with van der Waals surface area (Å²) in [6.45, 7) is 5.76. The van der Waals surface area contributed by atoms with Crippen LogP contribution in [-0.2, 0) is 16.6 Å². The van der Waals surface area contributed by atoms with Crippen LogP contribution in [0.15, 0.2) is 29.4 Å². The molecule has 0 amide bonds. The summed E-state index contributed by atoms with van der Waals surface area (Å²) >= 11 is 0. The van der Waals surface area contributed by atoms with Gasteiger partial charge in [-0.25, -0.2) is 13.2 Å². The Morgan fingerprint density at radius 3 is 2.55 bits per heavy atom. The molecule has 0 unspecified atom stereocenters. The number of aromatic carboxylic acids is 1. The van der Waals surface area contributed by atoms with Crippen molar-refractivity contribution in [3.63, 3.8) is 0 Å². The van der Waals surface area contributed by atoms with Gasteiger partial charge in [-0.1, -0.05) is 6.07 Å². The number of aromatic nitrogens is 2. The summed E-state index contributed by atoms with van der Waals surface area (Å²) in [7, 11) is -3.88. The van der Waals surface area contributed by atoms with Gasteiger partial charge in [0.1, 0.15) is 0 Å². The number of benzene rings is 1. The number of carbonyl (C=O) groups is 1. The van der Waals surface area contributed by atoms with Gasteiger partial charge in [0.2, 0.25) is 0 Å². The van der Waals surface area contributed by atoms with Crippen LogP contribution >= 0.6 is 0 Å². The average Bonchev–Trinajstić information content (AvgIpc) is 2.84. The van der Waals surface area contributed by atoms with E-state index in [1.54, 1.807) is 30.8 Å². The Morgan fingerprint density at radius 1 is 1.32 bits per heavy atom. The zero-order valence-electron chi connectivity index (χ0n) is 12.5. The summed E-state index contributed by atoms with van der Waals surface area (Å²) in [6, 6.07) is 2.73. The van der Waals surface area contributed by atoms with E-state index in [2.05, 4.69) is 9.82 Å². The normalized spacial score (nSPS) is 11.4. The van der Waals surface area contributed by atoms with Crippen molar-refractivity contribution in [2.75, 3.05) is 4.72 Å². The van der Waals surface area contributed by atoms with E-state index in [9.17, 15) is 13.2 Å².